The number of fused-ring (bicyclic) bond motifs is 1. The molecule has 0 spiro atoms. The Bertz CT molecular complexity index is 1510. The second-order valence-corrected chi connectivity index (χ2v) is 9.81. The maximum atomic E-state index is 13.7. The summed E-state index contributed by atoms with van der Waals surface area (Å²) in [6, 6.07) is 5.21. The van der Waals surface area contributed by atoms with Crippen LogP contribution in [0.3, 0.4) is 0 Å². The maximum absolute atomic E-state index is 13.7. The molecule has 3 heterocycles. The van der Waals surface area contributed by atoms with Crippen molar-refractivity contribution in [1.29, 1.82) is 0 Å². The molecule has 0 amide bonds. The molecule has 2 aliphatic rings. The van der Waals surface area contributed by atoms with Gasteiger partial charge >= 0.3 is 0 Å². The number of hydrogen-bond donors (Lipinski definition) is 10. The molecule has 16 nitrogen and oxygen atoms in total. The van der Waals surface area contributed by atoms with Gasteiger partial charge in [-0.2, -0.15) is 0 Å². The molecule has 0 bridgehead atoms. The van der Waals surface area contributed by atoms with Gasteiger partial charge in [0.1, 0.15) is 59.1 Å². The van der Waals surface area contributed by atoms with Gasteiger partial charge in [-0.25, -0.2) is 0 Å². The molecule has 2 aliphatic heterocycles. The molecule has 0 saturated carbocycles. The number of phenols is 4. The van der Waals surface area contributed by atoms with Gasteiger partial charge in [-0.1, -0.05) is 0 Å². The quantitative estimate of drug-likeness (QED) is 0.137. The summed E-state index contributed by atoms with van der Waals surface area (Å²) in [5.74, 6) is -3.39. The maximum Gasteiger partial charge on any atom is 0.239 e. The summed E-state index contributed by atoms with van der Waals surface area (Å²) in [7, 11) is 0. The summed E-state index contributed by atoms with van der Waals surface area (Å²) in [5.41, 5.74) is -1.38. The summed E-state index contributed by atoms with van der Waals surface area (Å²) < 4.78 is 28.0. The van der Waals surface area contributed by atoms with E-state index in [2.05, 4.69) is 0 Å². The zero-order valence-corrected chi connectivity index (χ0v) is 21.4. The molecular formula is C26H28O16. The molecule has 2 fully saturated rings. The standard InChI is InChI=1S/C26H28O16/c27-6-15-18(34)20(36)24(42-25-21(37)17(33)13(32)7-38-25)26(40-15)41-23-19(35)16-12(31)4-9(28)5-14(16)39-22(23)8-1-2-10(29)11(30)3-8/h1-5,13,15,17-18,20-21,24-34,36-37H,6-7H2/t13-,15-,17+,18-,20+,21-,24-,25+,26+/m0/s1. The third kappa shape index (κ3) is 5.31. The largest absolute Gasteiger partial charge is 0.508 e. The summed E-state index contributed by atoms with van der Waals surface area (Å²) in [4.78, 5) is 13.7. The number of phenolic OH excluding ortho intramolecular Hbond substituents is 4. The SMILES string of the molecule is O=c1c(O[C@H]2O[C@@H](CO)[C@H](O)[C@@H](O)[C@@H]2O[C@H]2OC[C@H](O)[C@@H](O)[C@@H]2O)c(-c2ccc(O)c(O)c2)oc2cc(O)cc(O)c12. The topological polar surface area (TPSA) is 269 Å². The van der Waals surface area contributed by atoms with Crippen LogP contribution in [0, 0.1) is 0 Å². The van der Waals surface area contributed by atoms with Crippen molar-refractivity contribution in [2.45, 2.75) is 55.3 Å². The molecule has 0 unspecified atom stereocenters. The molecule has 0 radical (unpaired) electrons. The van der Waals surface area contributed by atoms with Crippen LogP contribution in [0.5, 0.6) is 28.7 Å². The van der Waals surface area contributed by atoms with E-state index in [0.29, 0.717) is 0 Å². The summed E-state index contributed by atoms with van der Waals surface area (Å²) in [6.45, 7) is -1.31. The second-order valence-electron chi connectivity index (χ2n) is 9.81. The fourth-order valence-electron chi connectivity index (χ4n) is 4.70. The van der Waals surface area contributed by atoms with Gasteiger partial charge in [0.25, 0.3) is 0 Å². The minimum absolute atomic E-state index is 0.0437. The zero-order chi connectivity index (χ0) is 30.5. The molecule has 2 saturated heterocycles. The number of rotatable bonds is 6. The van der Waals surface area contributed by atoms with Crippen LogP contribution in [0.1, 0.15) is 0 Å². The number of hydrogen-bond acceptors (Lipinski definition) is 16. The van der Waals surface area contributed by atoms with E-state index in [9.17, 15) is 55.9 Å². The van der Waals surface area contributed by atoms with E-state index in [1.807, 2.05) is 0 Å². The van der Waals surface area contributed by atoms with Gasteiger partial charge < -0.3 is 74.4 Å². The molecule has 5 rings (SSSR count). The number of benzene rings is 2. The predicted molar refractivity (Wildman–Crippen MR) is 136 cm³/mol. The van der Waals surface area contributed by atoms with Crippen LogP contribution in [0.15, 0.2) is 39.5 Å². The first kappa shape index (κ1) is 29.8. The normalized spacial score (nSPS) is 31.7. The lowest BCUT2D eigenvalue weighted by Gasteiger charge is -2.44. The minimum atomic E-state index is -1.90. The Balaban J connectivity index is 1.62. The second kappa shape index (κ2) is 11.5. The molecule has 228 valence electrons. The van der Waals surface area contributed by atoms with Crippen LogP contribution in [-0.2, 0) is 14.2 Å². The number of aliphatic hydroxyl groups is 6. The van der Waals surface area contributed by atoms with Crippen LogP contribution in [-0.4, -0.2) is 120 Å². The zero-order valence-electron chi connectivity index (χ0n) is 21.4. The Morgan fingerprint density at radius 2 is 1.57 bits per heavy atom. The molecule has 9 atom stereocenters. The smallest absolute Gasteiger partial charge is 0.239 e. The van der Waals surface area contributed by atoms with Crippen molar-refractivity contribution < 1.29 is 74.4 Å². The van der Waals surface area contributed by atoms with Crippen LogP contribution < -0.4 is 10.2 Å². The number of aromatic hydroxyl groups is 4. The van der Waals surface area contributed by atoms with E-state index in [1.165, 1.54) is 6.07 Å². The van der Waals surface area contributed by atoms with Crippen molar-refractivity contribution in [1.82, 2.24) is 0 Å². The minimum Gasteiger partial charge on any atom is -0.508 e. The van der Waals surface area contributed by atoms with E-state index < -0.39 is 114 Å². The lowest BCUT2D eigenvalue weighted by Crippen LogP contribution is -2.64. The first-order chi connectivity index (χ1) is 19.9. The third-order valence-electron chi connectivity index (χ3n) is 6.96. The van der Waals surface area contributed by atoms with Gasteiger partial charge in [0.05, 0.1) is 13.2 Å². The highest BCUT2D eigenvalue weighted by molar-refractivity contribution is 5.88. The monoisotopic (exact) mass is 596 g/mol. The highest BCUT2D eigenvalue weighted by atomic mass is 16.8. The van der Waals surface area contributed by atoms with Crippen LogP contribution >= 0.6 is 0 Å². The van der Waals surface area contributed by atoms with Gasteiger partial charge in [0.2, 0.25) is 17.5 Å². The van der Waals surface area contributed by atoms with Crippen LogP contribution in [0.4, 0.5) is 0 Å². The average Bonchev–Trinajstić information content (AvgIpc) is 2.94. The third-order valence-corrected chi connectivity index (χ3v) is 6.96. The summed E-state index contributed by atoms with van der Waals surface area (Å²) in [5, 5.41) is 101. The van der Waals surface area contributed by atoms with Gasteiger partial charge in [0.15, 0.2) is 29.7 Å². The summed E-state index contributed by atoms with van der Waals surface area (Å²) in [6.07, 6.45) is -15.5. The van der Waals surface area contributed by atoms with Crippen LogP contribution in [0.25, 0.3) is 22.3 Å². The van der Waals surface area contributed by atoms with Crippen molar-refractivity contribution >= 4 is 11.0 Å². The Morgan fingerprint density at radius 1 is 0.833 bits per heavy atom. The van der Waals surface area contributed by atoms with E-state index in [-0.39, 0.29) is 11.1 Å². The van der Waals surface area contributed by atoms with E-state index in [4.69, 9.17) is 23.4 Å². The van der Waals surface area contributed by atoms with Crippen molar-refractivity contribution in [3.8, 4) is 40.1 Å². The summed E-state index contributed by atoms with van der Waals surface area (Å²) >= 11 is 0. The Hall–Kier alpha value is -3.71. The van der Waals surface area contributed by atoms with Gasteiger partial charge in [-0.15, -0.1) is 0 Å². The lowest BCUT2D eigenvalue weighted by atomic mass is 9.98. The molecule has 0 aliphatic carbocycles. The Morgan fingerprint density at radius 3 is 2.26 bits per heavy atom. The Labute approximate surface area is 235 Å². The van der Waals surface area contributed by atoms with Crippen LogP contribution in [0.2, 0.25) is 0 Å². The number of aliphatic hydroxyl groups excluding tert-OH is 6. The van der Waals surface area contributed by atoms with E-state index >= 15 is 0 Å². The molecule has 42 heavy (non-hydrogen) atoms. The first-order valence-corrected chi connectivity index (χ1v) is 12.6. The Kier molecular flexibility index (Phi) is 8.17. The highest BCUT2D eigenvalue weighted by Crippen LogP contribution is 2.40. The van der Waals surface area contributed by atoms with Gasteiger partial charge in [-0.3, -0.25) is 4.79 Å². The first-order valence-electron chi connectivity index (χ1n) is 12.6. The molecule has 3 aromatic rings. The fourth-order valence-corrected chi connectivity index (χ4v) is 4.70. The van der Waals surface area contributed by atoms with Gasteiger partial charge in [0, 0.05) is 17.7 Å². The lowest BCUT2D eigenvalue weighted by molar-refractivity contribution is -0.345. The van der Waals surface area contributed by atoms with Crippen molar-refractivity contribution in [2.75, 3.05) is 13.2 Å². The molecular weight excluding hydrogens is 568 g/mol. The number of ether oxygens (including phenoxy) is 4. The van der Waals surface area contributed by atoms with Crippen molar-refractivity contribution in [3.63, 3.8) is 0 Å². The average molecular weight is 596 g/mol. The van der Waals surface area contributed by atoms with Crippen molar-refractivity contribution in [2.24, 2.45) is 0 Å². The molecule has 2 aromatic carbocycles. The molecule has 10 N–H and O–H groups in total. The predicted octanol–water partition coefficient (Wildman–Crippen LogP) is -2.08. The van der Waals surface area contributed by atoms with E-state index in [0.717, 1.165) is 24.3 Å². The molecule has 1 aromatic heterocycles. The van der Waals surface area contributed by atoms with Crippen molar-refractivity contribution in [3.05, 3.63) is 40.6 Å². The highest BCUT2D eigenvalue weighted by Gasteiger charge is 2.50. The molecule has 16 heteroatoms. The van der Waals surface area contributed by atoms with E-state index in [1.54, 1.807) is 0 Å². The van der Waals surface area contributed by atoms with Gasteiger partial charge in [-0.05, 0) is 18.2 Å². The fraction of sp³-hybridized carbons (Fsp3) is 0.423.